The van der Waals surface area contributed by atoms with E-state index in [9.17, 15) is 0 Å². The molecule has 0 atom stereocenters. The Balaban J connectivity index is 0.000000163. The van der Waals surface area contributed by atoms with Crippen LogP contribution in [0.3, 0.4) is 0 Å². The maximum Gasteiger partial charge on any atom is 2.00 e. The van der Waals surface area contributed by atoms with E-state index in [4.69, 9.17) is 50.3 Å². The molecule has 0 spiro atoms. The molecule has 0 bridgehead atoms. The molecular formula is C103H75N13O5Pt4S2U. The van der Waals surface area contributed by atoms with Crippen LogP contribution in [-0.4, -0.2) is 65.3 Å². The summed E-state index contributed by atoms with van der Waals surface area (Å²) in [5.74, 6) is 5.19. The largest absolute Gasteiger partial charge is 2.00 e. The molecule has 0 saturated carbocycles. The van der Waals surface area contributed by atoms with Crippen molar-refractivity contribution in [2.75, 3.05) is 0 Å². The van der Waals surface area contributed by atoms with Gasteiger partial charge in [0.1, 0.15) is 5.89 Å². The number of ether oxygens (including phenoxy) is 4. The number of hydrogen-bond donors (Lipinski definition) is 0. The van der Waals surface area contributed by atoms with Crippen LogP contribution in [0.25, 0.3) is 99.9 Å². The van der Waals surface area contributed by atoms with Gasteiger partial charge in [0.2, 0.25) is 0 Å². The topological polar surface area (TPSA) is 185 Å². The van der Waals surface area contributed by atoms with E-state index in [1.165, 1.54) is 12.5 Å². The van der Waals surface area contributed by atoms with Crippen molar-refractivity contribution in [2.24, 2.45) is 4.99 Å². The van der Waals surface area contributed by atoms with Crippen molar-refractivity contribution in [1.29, 1.82) is 0 Å². The molecule has 11 aromatic carbocycles. The minimum Gasteiger partial charge on any atom is -0.601 e. The van der Waals surface area contributed by atoms with Crippen LogP contribution in [-0.2, 0) is 84.3 Å². The Hall–Kier alpha value is -11.7. The van der Waals surface area contributed by atoms with Crippen LogP contribution in [0.4, 0.5) is 0 Å². The number of aryl methyl sites for hydroxylation is 4. The van der Waals surface area contributed by atoms with Gasteiger partial charge in [-0.05, 0) is 113 Å². The molecule has 0 N–H and O–H groups in total. The molecule has 128 heavy (non-hydrogen) atoms. The van der Waals surface area contributed by atoms with Gasteiger partial charge in [-0.2, -0.15) is 73.5 Å². The molecule has 0 fully saturated rings. The number of oxazole rings is 1. The van der Waals surface area contributed by atoms with Crippen LogP contribution < -0.4 is 18.9 Å². The smallest absolute Gasteiger partial charge is 0.601 e. The predicted molar refractivity (Wildman–Crippen MR) is 482 cm³/mol. The van der Waals surface area contributed by atoms with Gasteiger partial charge in [-0.25, -0.2) is 12.1 Å². The summed E-state index contributed by atoms with van der Waals surface area (Å²) in [7, 11) is 0. The summed E-state index contributed by atoms with van der Waals surface area (Å²) in [6.07, 6.45) is 14.3. The zero-order valence-corrected chi connectivity index (χ0v) is 84.8. The Morgan fingerprint density at radius 2 is 0.641 bits per heavy atom. The van der Waals surface area contributed by atoms with Crippen molar-refractivity contribution >= 4 is 28.9 Å². The van der Waals surface area contributed by atoms with Crippen LogP contribution >= 0.6 is 22.7 Å². The number of benzene rings is 11. The Bertz CT molecular complexity index is 6360. The maximum atomic E-state index is 6.07. The first-order chi connectivity index (χ1) is 60.2. The van der Waals surface area contributed by atoms with E-state index in [1.807, 2.05) is 270 Å². The predicted octanol–water partition coefficient (Wildman–Crippen LogP) is 24.7. The van der Waals surface area contributed by atoms with Gasteiger partial charge in [0, 0.05) is 137 Å². The Morgan fingerprint density at radius 3 is 0.961 bits per heavy atom. The first-order valence-electron chi connectivity index (χ1n) is 39.1. The molecule has 0 unspecified atom stereocenters. The standard InChI is InChI=1S/C26H19N3O2.C26H19N3OS.C26H19N3O.C25H18N4OS.4Pt.U/c1-18-25(20-8-4-3-5-9-20)19(2)29(28-18)22-11-7-13-24(17-22)31-23-12-6-10-21(16-23)26-27-14-15-30-26;1-18-25(20-8-4-3-5-9-20)19(2)29(28-18)22-11-7-13-24(17-22)30-23-12-6-10-21(16-23)26-27-14-15-31-26;1-4-27-18-21-10-8-14-24(16-21)30-25-15-9-13-23(17-25)29-20(3)26(19(2)28-29)22-11-6-5-7-12-22;1-17-24(19-9-11-26-12-10-19)18(2)29(28-17)21-6-4-8-23(16-21)30-22-7-3-5-20(15-22)25-27-13-14-31-25;;;;;/h2*3-15H,1-2H3;1,4-15H,2-3H3;3-14H,1-2H3;;;;;/q2*-2;-4;-2;5*+2. The molecule has 638 valence electrons. The summed E-state index contributed by atoms with van der Waals surface area (Å²) < 4.78 is 37.0. The van der Waals surface area contributed by atoms with Crippen molar-refractivity contribution in [1.82, 2.24) is 59.1 Å². The van der Waals surface area contributed by atoms with Gasteiger partial charge >= 0.3 is 115 Å². The number of hydrogen-bond acceptors (Lipinski definition) is 16. The fourth-order valence-electron chi connectivity index (χ4n) is 14.1. The molecule has 19 aromatic rings. The van der Waals surface area contributed by atoms with E-state index in [0.717, 1.165) is 140 Å². The second-order valence-electron chi connectivity index (χ2n) is 27.8. The molecule has 0 saturated heterocycles. The van der Waals surface area contributed by atoms with Gasteiger partial charge in [-0.1, -0.05) is 121 Å². The Kier molecular flexibility index (Phi) is 35.1. The van der Waals surface area contributed by atoms with Crippen LogP contribution in [0.1, 0.15) is 51.1 Å². The normalized spacial score (nSPS) is 10.5. The summed E-state index contributed by atoms with van der Waals surface area (Å²) in [4.78, 5) is 20.7. The molecule has 19 rings (SSSR count). The van der Waals surface area contributed by atoms with E-state index in [-0.39, 0.29) is 115 Å². The van der Waals surface area contributed by atoms with Gasteiger partial charge in [0.25, 0.3) is 0 Å². The zero-order valence-electron chi connectivity index (χ0n) is 69.9. The molecule has 8 aromatic heterocycles. The third-order valence-corrected chi connectivity index (χ3v) is 21.1. The van der Waals surface area contributed by atoms with Crippen molar-refractivity contribution in [3.05, 3.63) is 409 Å². The Morgan fingerprint density at radius 1 is 0.336 bits per heavy atom. The van der Waals surface area contributed by atoms with E-state index >= 15 is 0 Å². The molecule has 0 radical (unpaired) electrons. The molecule has 18 nitrogen and oxygen atoms in total. The first kappa shape index (κ1) is 96.9. The second-order valence-corrected chi connectivity index (χ2v) is 29.6. The fraction of sp³-hybridized carbons (Fsp3) is 0.0777. The molecule has 0 aliphatic rings. The number of pyridine rings is 1. The minimum atomic E-state index is 0. The number of aliphatic imine (C=N–C) groups is 1. The summed E-state index contributed by atoms with van der Waals surface area (Å²) >= 11 is 3.15. The third-order valence-electron chi connectivity index (χ3n) is 19.4. The van der Waals surface area contributed by atoms with Crippen LogP contribution in [0.15, 0.2) is 312 Å². The van der Waals surface area contributed by atoms with Gasteiger partial charge in [0.05, 0.1) is 35.2 Å². The SMILES string of the molecule is Cc1nn(-c2[c-]c(Oc3[c-]c(-c4ncco4)ccc3)ccc2)c(C)c1-c1ccccc1.Cc1nn(-c2[c-]c(Oc3[c-]c(-c4nccs4)ccc3)ccc2)c(C)c1-c1ccccc1.Cc1nn(-c2[c-]c(Oc3[c-]c(-c4nccs4)ccc3)ccc2)c(C)c1-c1ccncc1.[CH-]=CN=[C-]c1[c-]c(Oc2[c-]c(-n3nc(C)c(-c4ccccc4)c3C)ccc2)ccc1.[Pt+2].[Pt+2].[Pt+2].[Pt+2].[U+2]. The van der Waals surface area contributed by atoms with E-state index in [0.29, 0.717) is 57.5 Å². The number of aromatic nitrogens is 12. The summed E-state index contributed by atoms with van der Waals surface area (Å²) in [5.41, 5.74) is 23.6. The third kappa shape index (κ3) is 23.6. The maximum absolute atomic E-state index is 6.07. The minimum absolute atomic E-state index is 0. The first-order valence-corrected chi connectivity index (χ1v) is 40.9. The summed E-state index contributed by atoms with van der Waals surface area (Å²) in [6.45, 7) is 21.6. The van der Waals surface area contributed by atoms with Crippen LogP contribution in [0, 0.1) is 142 Å². The molecule has 0 aliphatic carbocycles. The van der Waals surface area contributed by atoms with Crippen molar-refractivity contribution in [3.8, 4) is 146 Å². The fourth-order valence-corrected chi connectivity index (χ4v) is 15.3. The van der Waals surface area contributed by atoms with Crippen molar-refractivity contribution in [2.45, 2.75) is 55.4 Å². The van der Waals surface area contributed by atoms with Gasteiger partial charge in [-0.15, -0.1) is 145 Å². The monoisotopic (exact) mass is 2660 g/mol. The van der Waals surface area contributed by atoms with Crippen molar-refractivity contribution in [3.63, 3.8) is 0 Å². The average molecular weight is 2660 g/mol. The number of thiazole rings is 2. The quantitative estimate of drug-likeness (QED) is 0.0489. The van der Waals surface area contributed by atoms with Crippen molar-refractivity contribution < 1.29 is 139 Å². The van der Waals surface area contributed by atoms with E-state index in [2.05, 4.69) is 144 Å². The number of nitrogens with zero attached hydrogens (tertiary/aromatic N) is 13. The zero-order chi connectivity index (χ0) is 84.5. The van der Waals surface area contributed by atoms with E-state index in [1.54, 1.807) is 53.7 Å². The van der Waals surface area contributed by atoms with E-state index < -0.39 is 0 Å². The molecule has 8 heterocycles. The molecule has 25 heteroatoms. The van der Waals surface area contributed by atoms with Gasteiger partial charge < -0.3 is 41.1 Å². The summed E-state index contributed by atoms with van der Waals surface area (Å²) in [6, 6.07) is 107. The second kappa shape index (κ2) is 46.3. The average Bonchev–Trinajstić information content (AvgIpc) is 1.65. The van der Waals surface area contributed by atoms with Crippen LogP contribution in [0.2, 0.25) is 0 Å². The van der Waals surface area contributed by atoms with Gasteiger partial charge in [-0.3, -0.25) is 44.2 Å². The Labute approximate surface area is 833 Å². The van der Waals surface area contributed by atoms with Gasteiger partial charge in [0.15, 0.2) is 0 Å². The molecule has 0 aliphatic heterocycles. The molecular weight excluding hydrogens is 2580 g/mol. The summed E-state index contributed by atoms with van der Waals surface area (Å²) in [5, 5.41) is 24.7. The van der Waals surface area contributed by atoms with Crippen LogP contribution in [0.5, 0.6) is 46.0 Å². The molecule has 0 amide bonds. The number of rotatable bonds is 21.